The number of aryl methyl sites for hydroxylation is 1. The van der Waals surface area contributed by atoms with Crippen molar-refractivity contribution in [2.45, 2.75) is 13.3 Å². The standard InChI is InChI=1S/C21H22ClNO6/c1-14-10-16(22)3-5-17(14)28-13-21(25)29-12-20(24)23-7-6-15-2-4-18-19(11-15)27-9-8-26-18/h2-5,10-11H,6-9,12-13H2,1H3,(H,23,24). The molecule has 1 aliphatic heterocycles. The van der Waals surface area contributed by atoms with E-state index in [-0.39, 0.29) is 19.1 Å². The first-order valence-electron chi connectivity index (χ1n) is 9.21. The number of hydrogen-bond donors (Lipinski definition) is 1. The van der Waals surface area contributed by atoms with Crippen molar-refractivity contribution in [2.24, 2.45) is 0 Å². The summed E-state index contributed by atoms with van der Waals surface area (Å²) in [5.74, 6) is 0.979. The van der Waals surface area contributed by atoms with E-state index < -0.39 is 5.97 Å². The number of carbonyl (C=O) groups is 2. The van der Waals surface area contributed by atoms with Gasteiger partial charge in [-0.1, -0.05) is 17.7 Å². The smallest absolute Gasteiger partial charge is 0.344 e. The second kappa shape index (κ2) is 10.0. The third-order valence-corrected chi connectivity index (χ3v) is 4.42. The molecule has 0 saturated carbocycles. The van der Waals surface area contributed by atoms with Gasteiger partial charge >= 0.3 is 5.97 Å². The van der Waals surface area contributed by atoms with Crippen LogP contribution in [0.1, 0.15) is 11.1 Å². The van der Waals surface area contributed by atoms with E-state index in [0.29, 0.717) is 42.7 Å². The number of fused-ring (bicyclic) bond motifs is 1. The lowest BCUT2D eigenvalue weighted by Crippen LogP contribution is -2.31. The number of esters is 1. The Labute approximate surface area is 173 Å². The molecule has 0 atom stereocenters. The number of carbonyl (C=O) groups excluding carboxylic acids is 2. The summed E-state index contributed by atoms with van der Waals surface area (Å²) < 4.78 is 21.3. The monoisotopic (exact) mass is 419 g/mol. The van der Waals surface area contributed by atoms with Gasteiger partial charge in [-0.3, -0.25) is 4.79 Å². The first kappa shape index (κ1) is 20.8. The van der Waals surface area contributed by atoms with Crippen LogP contribution in [-0.2, 0) is 20.7 Å². The van der Waals surface area contributed by atoms with Crippen LogP contribution < -0.4 is 19.5 Å². The van der Waals surface area contributed by atoms with E-state index in [9.17, 15) is 9.59 Å². The predicted molar refractivity (Wildman–Crippen MR) is 107 cm³/mol. The maximum absolute atomic E-state index is 11.8. The molecule has 29 heavy (non-hydrogen) atoms. The number of benzene rings is 2. The van der Waals surface area contributed by atoms with Gasteiger partial charge in [0.2, 0.25) is 0 Å². The zero-order valence-corrected chi connectivity index (χ0v) is 16.8. The highest BCUT2D eigenvalue weighted by atomic mass is 35.5. The summed E-state index contributed by atoms with van der Waals surface area (Å²) in [4.78, 5) is 23.6. The van der Waals surface area contributed by atoms with Crippen LogP contribution in [0.15, 0.2) is 36.4 Å². The quantitative estimate of drug-likeness (QED) is 0.662. The Morgan fingerprint density at radius 1 is 1.07 bits per heavy atom. The van der Waals surface area contributed by atoms with E-state index in [1.807, 2.05) is 25.1 Å². The van der Waals surface area contributed by atoms with Crippen LogP contribution >= 0.6 is 11.6 Å². The van der Waals surface area contributed by atoms with E-state index in [1.165, 1.54) is 0 Å². The Bertz CT molecular complexity index is 885. The normalized spacial score (nSPS) is 12.2. The number of rotatable bonds is 8. The lowest BCUT2D eigenvalue weighted by atomic mass is 10.1. The molecular weight excluding hydrogens is 398 g/mol. The second-order valence-electron chi connectivity index (χ2n) is 6.44. The largest absolute Gasteiger partial charge is 0.486 e. The molecule has 2 aromatic carbocycles. The summed E-state index contributed by atoms with van der Waals surface area (Å²) in [7, 11) is 0. The van der Waals surface area contributed by atoms with Crippen molar-refractivity contribution in [3.63, 3.8) is 0 Å². The van der Waals surface area contributed by atoms with Gasteiger partial charge in [0.1, 0.15) is 19.0 Å². The van der Waals surface area contributed by atoms with Crippen molar-refractivity contribution >= 4 is 23.5 Å². The first-order chi connectivity index (χ1) is 14.0. The Kier molecular flexibility index (Phi) is 7.19. The van der Waals surface area contributed by atoms with E-state index in [1.54, 1.807) is 18.2 Å². The van der Waals surface area contributed by atoms with Crippen molar-refractivity contribution in [3.05, 3.63) is 52.5 Å². The molecule has 3 rings (SSSR count). The molecule has 2 aromatic rings. The molecule has 1 aliphatic rings. The van der Waals surface area contributed by atoms with Crippen LogP contribution in [0.5, 0.6) is 17.2 Å². The predicted octanol–water partition coefficient (Wildman–Crippen LogP) is 2.70. The molecule has 1 heterocycles. The molecule has 0 saturated heterocycles. The van der Waals surface area contributed by atoms with Crippen molar-refractivity contribution in [2.75, 3.05) is 33.0 Å². The Balaban J connectivity index is 1.34. The molecule has 1 amide bonds. The minimum Gasteiger partial charge on any atom is -0.486 e. The van der Waals surface area contributed by atoms with Gasteiger partial charge in [0.25, 0.3) is 5.91 Å². The molecule has 0 spiro atoms. The van der Waals surface area contributed by atoms with E-state index in [0.717, 1.165) is 16.9 Å². The van der Waals surface area contributed by atoms with Gasteiger partial charge in [-0.2, -0.15) is 0 Å². The number of hydrogen-bond acceptors (Lipinski definition) is 6. The molecule has 7 nitrogen and oxygen atoms in total. The Hall–Kier alpha value is -2.93. The molecular formula is C21H22ClNO6. The van der Waals surface area contributed by atoms with Gasteiger partial charge in [0.05, 0.1) is 0 Å². The van der Waals surface area contributed by atoms with Gasteiger partial charge in [-0.05, 0) is 54.8 Å². The van der Waals surface area contributed by atoms with E-state index in [4.69, 9.17) is 30.5 Å². The molecule has 0 unspecified atom stereocenters. The molecule has 0 radical (unpaired) electrons. The van der Waals surface area contributed by atoms with Gasteiger partial charge in [0, 0.05) is 11.6 Å². The summed E-state index contributed by atoms with van der Waals surface area (Å²) in [6.45, 7) is 2.67. The van der Waals surface area contributed by atoms with E-state index in [2.05, 4.69) is 5.32 Å². The summed E-state index contributed by atoms with van der Waals surface area (Å²) in [5.41, 5.74) is 1.82. The SMILES string of the molecule is Cc1cc(Cl)ccc1OCC(=O)OCC(=O)NCCc1ccc2c(c1)OCCO2. The number of halogens is 1. The van der Waals surface area contributed by atoms with Crippen molar-refractivity contribution < 1.29 is 28.5 Å². The Morgan fingerprint density at radius 3 is 2.66 bits per heavy atom. The first-order valence-corrected chi connectivity index (χ1v) is 9.59. The molecule has 0 aliphatic carbocycles. The van der Waals surface area contributed by atoms with Crippen LogP contribution in [0.25, 0.3) is 0 Å². The van der Waals surface area contributed by atoms with Crippen molar-refractivity contribution in [3.8, 4) is 17.2 Å². The van der Waals surface area contributed by atoms with Crippen molar-refractivity contribution in [1.29, 1.82) is 0 Å². The summed E-state index contributed by atoms with van der Waals surface area (Å²) in [5, 5.41) is 3.30. The zero-order valence-electron chi connectivity index (χ0n) is 16.0. The second-order valence-corrected chi connectivity index (χ2v) is 6.87. The zero-order chi connectivity index (χ0) is 20.6. The topological polar surface area (TPSA) is 83.1 Å². The van der Waals surface area contributed by atoms with Crippen LogP contribution in [-0.4, -0.2) is 44.8 Å². The lowest BCUT2D eigenvalue weighted by Gasteiger charge is -2.18. The summed E-state index contributed by atoms with van der Waals surface area (Å²) in [6.07, 6.45) is 0.620. The minimum absolute atomic E-state index is 0.285. The maximum atomic E-state index is 11.8. The highest BCUT2D eigenvalue weighted by Crippen LogP contribution is 2.30. The van der Waals surface area contributed by atoms with Crippen molar-refractivity contribution in [1.82, 2.24) is 5.32 Å². The average Bonchev–Trinajstić information content (AvgIpc) is 2.71. The van der Waals surface area contributed by atoms with Gasteiger partial charge < -0.3 is 24.3 Å². The highest BCUT2D eigenvalue weighted by Gasteiger charge is 2.12. The fourth-order valence-electron chi connectivity index (χ4n) is 2.74. The third kappa shape index (κ3) is 6.29. The van der Waals surface area contributed by atoms with Gasteiger partial charge in [-0.15, -0.1) is 0 Å². The van der Waals surface area contributed by atoms with Gasteiger partial charge in [0.15, 0.2) is 24.7 Å². The van der Waals surface area contributed by atoms with E-state index >= 15 is 0 Å². The number of nitrogens with one attached hydrogen (secondary N) is 1. The maximum Gasteiger partial charge on any atom is 0.344 e. The van der Waals surface area contributed by atoms with Crippen LogP contribution in [0.3, 0.4) is 0 Å². The van der Waals surface area contributed by atoms with Crippen LogP contribution in [0, 0.1) is 6.92 Å². The van der Waals surface area contributed by atoms with Gasteiger partial charge in [-0.25, -0.2) is 4.79 Å². The fourth-order valence-corrected chi connectivity index (χ4v) is 2.97. The third-order valence-electron chi connectivity index (χ3n) is 4.19. The van der Waals surface area contributed by atoms with Crippen LogP contribution in [0.2, 0.25) is 5.02 Å². The molecule has 8 heteroatoms. The lowest BCUT2D eigenvalue weighted by molar-refractivity contribution is -0.150. The highest BCUT2D eigenvalue weighted by molar-refractivity contribution is 6.30. The average molecular weight is 420 g/mol. The Morgan fingerprint density at radius 2 is 1.86 bits per heavy atom. The molecule has 0 fully saturated rings. The molecule has 1 N–H and O–H groups in total. The number of amides is 1. The van der Waals surface area contributed by atoms with Crippen LogP contribution in [0.4, 0.5) is 0 Å². The number of ether oxygens (including phenoxy) is 4. The minimum atomic E-state index is -0.624. The fraction of sp³-hybridized carbons (Fsp3) is 0.333. The molecule has 0 aromatic heterocycles. The molecule has 154 valence electrons. The summed E-state index contributed by atoms with van der Waals surface area (Å²) >= 11 is 5.87. The molecule has 0 bridgehead atoms. The summed E-state index contributed by atoms with van der Waals surface area (Å²) in [6, 6.07) is 10.8.